The van der Waals surface area contributed by atoms with Gasteiger partial charge < -0.3 is 9.40 Å². The standard InChI is InChI=1S/C14H12N2O2/c1-8-3-5-11-10(7-8)14(17)16-13(15-11)12-6-4-9(2)18-12/h3-7H,1-2H3,(H,15,16,17). The molecule has 0 amide bonds. The van der Waals surface area contributed by atoms with Crippen LogP contribution in [0, 0.1) is 13.8 Å². The fourth-order valence-corrected chi connectivity index (χ4v) is 1.93. The highest BCUT2D eigenvalue weighted by Gasteiger charge is 2.08. The van der Waals surface area contributed by atoms with Gasteiger partial charge in [0, 0.05) is 0 Å². The number of aryl methyl sites for hydroxylation is 2. The van der Waals surface area contributed by atoms with Crippen LogP contribution in [0.1, 0.15) is 11.3 Å². The summed E-state index contributed by atoms with van der Waals surface area (Å²) >= 11 is 0. The molecule has 3 aromatic rings. The second-order valence-electron chi connectivity index (χ2n) is 4.35. The molecule has 0 aliphatic rings. The summed E-state index contributed by atoms with van der Waals surface area (Å²) in [5.41, 5.74) is 1.57. The van der Waals surface area contributed by atoms with Crippen molar-refractivity contribution >= 4 is 10.9 Å². The largest absolute Gasteiger partial charge is 0.458 e. The van der Waals surface area contributed by atoms with Crippen LogP contribution in [0.2, 0.25) is 0 Å². The summed E-state index contributed by atoms with van der Waals surface area (Å²) in [7, 11) is 0. The van der Waals surface area contributed by atoms with Gasteiger partial charge in [0.25, 0.3) is 5.56 Å². The van der Waals surface area contributed by atoms with Gasteiger partial charge in [0.1, 0.15) is 5.76 Å². The van der Waals surface area contributed by atoms with E-state index in [1.165, 1.54) is 0 Å². The first kappa shape index (κ1) is 10.8. The van der Waals surface area contributed by atoms with Crippen LogP contribution in [0.15, 0.2) is 39.5 Å². The van der Waals surface area contributed by atoms with Crippen molar-refractivity contribution in [1.29, 1.82) is 0 Å². The Morgan fingerprint density at radius 1 is 1.17 bits per heavy atom. The van der Waals surface area contributed by atoms with Crippen LogP contribution < -0.4 is 5.56 Å². The van der Waals surface area contributed by atoms with Gasteiger partial charge in [0.2, 0.25) is 0 Å². The van der Waals surface area contributed by atoms with Crippen molar-refractivity contribution in [2.24, 2.45) is 0 Å². The first-order valence-electron chi connectivity index (χ1n) is 5.71. The normalized spacial score (nSPS) is 11.0. The number of hydrogen-bond donors (Lipinski definition) is 1. The molecular weight excluding hydrogens is 228 g/mol. The third-order valence-corrected chi connectivity index (χ3v) is 2.83. The maximum atomic E-state index is 12.0. The number of rotatable bonds is 1. The molecule has 1 aromatic carbocycles. The Bertz CT molecular complexity index is 784. The third kappa shape index (κ3) is 1.72. The van der Waals surface area contributed by atoms with Crippen molar-refractivity contribution in [3.63, 3.8) is 0 Å². The molecule has 0 radical (unpaired) electrons. The number of benzene rings is 1. The van der Waals surface area contributed by atoms with E-state index in [4.69, 9.17) is 4.42 Å². The lowest BCUT2D eigenvalue weighted by molar-refractivity contribution is 0.544. The molecular formula is C14H12N2O2. The highest BCUT2D eigenvalue weighted by atomic mass is 16.3. The lowest BCUT2D eigenvalue weighted by atomic mass is 10.2. The molecule has 1 N–H and O–H groups in total. The number of fused-ring (bicyclic) bond motifs is 1. The summed E-state index contributed by atoms with van der Waals surface area (Å²) in [6.45, 7) is 3.80. The zero-order valence-corrected chi connectivity index (χ0v) is 10.2. The number of hydrogen-bond acceptors (Lipinski definition) is 3. The molecule has 90 valence electrons. The fourth-order valence-electron chi connectivity index (χ4n) is 1.93. The predicted octanol–water partition coefficient (Wildman–Crippen LogP) is 2.80. The second-order valence-corrected chi connectivity index (χ2v) is 4.35. The monoisotopic (exact) mass is 240 g/mol. The Hall–Kier alpha value is -2.36. The molecule has 0 aliphatic heterocycles. The number of aromatic amines is 1. The first-order chi connectivity index (χ1) is 8.63. The number of H-pyrrole nitrogens is 1. The quantitative estimate of drug-likeness (QED) is 0.711. The predicted molar refractivity (Wildman–Crippen MR) is 69.5 cm³/mol. The molecule has 0 aliphatic carbocycles. The first-order valence-corrected chi connectivity index (χ1v) is 5.71. The zero-order valence-electron chi connectivity index (χ0n) is 10.2. The van der Waals surface area contributed by atoms with Crippen molar-refractivity contribution in [3.8, 4) is 11.6 Å². The lowest BCUT2D eigenvalue weighted by Gasteiger charge is -2.01. The van der Waals surface area contributed by atoms with Crippen molar-refractivity contribution in [3.05, 3.63) is 52.0 Å². The zero-order chi connectivity index (χ0) is 12.7. The van der Waals surface area contributed by atoms with E-state index in [0.717, 1.165) is 11.3 Å². The summed E-state index contributed by atoms with van der Waals surface area (Å²) in [6.07, 6.45) is 0. The van der Waals surface area contributed by atoms with Crippen molar-refractivity contribution in [2.75, 3.05) is 0 Å². The third-order valence-electron chi connectivity index (χ3n) is 2.83. The van der Waals surface area contributed by atoms with Crippen molar-refractivity contribution in [2.45, 2.75) is 13.8 Å². The molecule has 0 saturated heterocycles. The van der Waals surface area contributed by atoms with Crippen LogP contribution in [-0.2, 0) is 0 Å². The Morgan fingerprint density at radius 2 is 2.00 bits per heavy atom. The van der Waals surface area contributed by atoms with Crippen LogP contribution in [0.25, 0.3) is 22.5 Å². The molecule has 0 unspecified atom stereocenters. The summed E-state index contributed by atoms with van der Waals surface area (Å²) in [6, 6.07) is 9.26. The van der Waals surface area contributed by atoms with Crippen LogP contribution in [-0.4, -0.2) is 9.97 Å². The van der Waals surface area contributed by atoms with E-state index in [2.05, 4.69) is 9.97 Å². The van der Waals surface area contributed by atoms with E-state index in [1.54, 1.807) is 6.07 Å². The van der Waals surface area contributed by atoms with E-state index >= 15 is 0 Å². The highest BCUT2D eigenvalue weighted by molar-refractivity contribution is 5.79. The Balaban J connectivity index is 2.28. The van der Waals surface area contributed by atoms with Gasteiger partial charge >= 0.3 is 0 Å². The van der Waals surface area contributed by atoms with E-state index in [9.17, 15) is 4.79 Å². The summed E-state index contributed by atoms with van der Waals surface area (Å²) in [5.74, 6) is 1.83. The van der Waals surface area contributed by atoms with Crippen LogP contribution in [0.5, 0.6) is 0 Å². The van der Waals surface area contributed by atoms with E-state index in [0.29, 0.717) is 22.5 Å². The van der Waals surface area contributed by atoms with Crippen molar-refractivity contribution in [1.82, 2.24) is 9.97 Å². The van der Waals surface area contributed by atoms with E-state index < -0.39 is 0 Å². The number of nitrogens with zero attached hydrogens (tertiary/aromatic N) is 1. The van der Waals surface area contributed by atoms with Gasteiger partial charge in [-0.05, 0) is 38.1 Å². The van der Waals surface area contributed by atoms with Gasteiger partial charge in [-0.1, -0.05) is 11.6 Å². The minimum atomic E-state index is -0.146. The van der Waals surface area contributed by atoms with Crippen LogP contribution in [0.3, 0.4) is 0 Å². The van der Waals surface area contributed by atoms with Crippen LogP contribution >= 0.6 is 0 Å². The minimum absolute atomic E-state index is 0.146. The molecule has 4 heteroatoms. The smallest absolute Gasteiger partial charge is 0.259 e. The Kier molecular flexibility index (Phi) is 2.30. The van der Waals surface area contributed by atoms with E-state index in [1.807, 2.05) is 38.1 Å². The van der Waals surface area contributed by atoms with E-state index in [-0.39, 0.29) is 5.56 Å². The van der Waals surface area contributed by atoms with Gasteiger partial charge in [-0.15, -0.1) is 0 Å². The molecule has 18 heavy (non-hydrogen) atoms. The van der Waals surface area contributed by atoms with Gasteiger partial charge in [-0.25, -0.2) is 4.98 Å². The van der Waals surface area contributed by atoms with Gasteiger partial charge in [-0.3, -0.25) is 4.79 Å². The molecule has 2 aromatic heterocycles. The summed E-state index contributed by atoms with van der Waals surface area (Å²) in [4.78, 5) is 19.2. The second kappa shape index (κ2) is 3.84. The fraction of sp³-hybridized carbons (Fsp3) is 0.143. The molecule has 0 fully saturated rings. The average Bonchev–Trinajstić information content (AvgIpc) is 2.77. The Morgan fingerprint density at radius 3 is 2.72 bits per heavy atom. The van der Waals surface area contributed by atoms with Crippen LogP contribution in [0.4, 0.5) is 0 Å². The van der Waals surface area contributed by atoms with Gasteiger partial charge in [0.05, 0.1) is 10.9 Å². The molecule has 0 atom stereocenters. The minimum Gasteiger partial charge on any atom is -0.458 e. The number of furan rings is 1. The number of nitrogens with one attached hydrogen (secondary N) is 1. The summed E-state index contributed by atoms with van der Waals surface area (Å²) < 4.78 is 5.46. The molecule has 4 nitrogen and oxygen atoms in total. The maximum Gasteiger partial charge on any atom is 0.259 e. The molecule has 0 saturated carbocycles. The average molecular weight is 240 g/mol. The summed E-state index contributed by atoms with van der Waals surface area (Å²) in [5, 5.41) is 0.599. The molecule has 0 bridgehead atoms. The molecule has 0 spiro atoms. The number of aromatic nitrogens is 2. The van der Waals surface area contributed by atoms with Gasteiger partial charge in [0.15, 0.2) is 11.6 Å². The maximum absolute atomic E-state index is 12.0. The SMILES string of the molecule is Cc1ccc2nc(-c3ccc(C)o3)[nH]c(=O)c2c1. The highest BCUT2D eigenvalue weighted by Crippen LogP contribution is 2.19. The van der Waals surface area contributed by atoms with Crippen molar-refractivity contribution < 1.29 is 4.42 Å². The molecule has 2 heterocycles. The molecule has 3 rings (SSSR count). The van der Waals surface area contributed by atoms with Gasteiger partial charge in [-0.2, -0.15) is 0 Å². The topological polar surface area (TPSA) is 58.9 Å². The lowest BCUT2D eigenvalue weighted by Crippen LogP contribution is -2.09. The Labute approximate surface area is 103 Å².